The normalized spacial score (nSPS) is 24.3. The van der Waals surface area contributed by atoms with Crippen molar-refractivity contribution in [1.82, 2.24) is 15.5 Å². The average molecular weight is 297 g/mol. The van der Waals surface area contributed by atoms with E-state index in [1.165, 1.54) is 19.3 Å². The summed E-state index contributed by atoms with van der Waals surface area (Å²) < 4.78 is 0. The zero-order valence-corrected chi connectivity index (χ0v) is 12.8. The molecule has 2 amide bonds. The molecule has 1 aliphatic carbocycles. The van der Waals surface area contributed by atoms with Crippen LogP contribution in [0.2, 0.25) is 0 Å². The van der Waals surface area contributed by atoms with Gasteiger partial charge in [0.25, 0.3) is 0 Å². The molecule has 2 aliphatic rings. The predicted molar refractivity (Wildman–Crippen MR) is 80.2 cm³/mol. The van der Waals surface area contributed by atoms with Crippen molar-refractivity contribution in [2.24, 2.45) is 5.92 Å². The Labute approximate surface area is 126 Å². The first-order valence-electron chi connectivity index (χ1n) is 8.09. The van der Waals surface area contributed by atoms with Crippen molar-refractivity contribution in [1.29, 1.82) is 0 Å². The van der Waals surface area contributed by atoms with Crippen LogP contribution < -0.4 is 10.6 Å². The summed E-state index contributed by atoms with van der Waals surface area (Å²) >= 11 is 0. The molecule has 1 saturated heterocycles. The van der Waals surface area contributed by atoms with Crippen molar-refractivity contribution < 1.29 is 14.7 Å². The number of aliphatic carboxylic acids is 1. The van der Waals surface area contributed by atoms with E-state index >= 15 is 0 Å². The van der Waals surface area contributed by atoms with E-state index in [0.717, 1.165) is 32.4 Å². The summed E-state index contributed by atoms with van der Waals surface area (Å²) in [6.07, 6.45) is 6.53. The standard InChI is InChI=1S/C15H27N3O3/c1-11-5-2-3-9-18(11)10-4-8-16-15(21)17-13(14(19)20)12-6-7-12/h11-13H,2-10H2,1H3,(H,19,20)(H2,16,17,21). The minimum Gasteiger partial charge on any atom is -0.480 e. The predicted octanol–water partition coefficient (Wildman–Crippen LogP) is 1.41. The van der Waals surface area contributed by atoms with Gasteiger partial charge in [0.2, 0.25) is 0 Å². The van der Waals surface area contributed by atoms with E-state index < -0.39 is 12.0 Å². The summed E-state index contributed by atoms with van der Waals surface area (Å²) in [5, 5.41) is 14.4. The fraction of sp³-hybridized carbons (Fsp3) is 0.867. The minimum absolute atomic E-state index is 0.113. The van der Waals surface area contributed by atoms with E-state index in [4.69, 9.17) is 5.11 Å². The van der Waals surface area contributed by atoms with Gasteiger partial charge < -0.3 is 20.6 Å². The van der Waals surface area contributed by atoms with Gasteiger partial charge in [-0.2, -0.15) is 0 Å². The molecular formula is C15H27N3O3. The van der Waals surface area contributed by atoms with E-state index in [9.17, 15) is 9.59 Å². The summed E-state index contributed by atoms with van der Waals surface area (Å²) in [5.74, 6) is -0.822. The molecule has 0 spiro atoms. The highest BCUT2D eigenvalue weighted by Gasteiger charge is 2.37. The molecule has 0 aromatic carbocycles. The third-order valence-corrected chi connectivity index (χ3v) is 4.49. The molecule has 2 rings (SSSR count). The number of hydrogen-bond donors (Lipinski definition) is 3. The third-order valence-electron chi connectivity index (χ3n) is 4.49. The smallest absolute Gasteiger partial charge is 0.326 e. The second-order valence-corrected chi connectivity index (χ2v) is 6.29. The molecule has 2 unspecified atom stereocenters. The zero-order chi connectivity index (χ0) is 15.2. The molecule has 6 heteroatoms. The van der Waals surface area contributed by atoms with Gasteiger partial charge in [-0.25, -0.2) is 9.59 Å². The van der Waals surface area contributed by atoms with Gasteiger partial charge in [-0.1, -0.05) is 6.42 Å². The summed E-state index contributed by atoms with van der Waals surface area (Å²) in [6, 6.07) is -0.452. The van der Waals surface area contributed by atoms with Crippen LogP contribution in [0.1, 0.15) is 45.4 Å². The maximum Gasteiger partial charge on any atom is 0.326 e. The van der Waals surface area contributed by atoms with Crippen LogP contribution in [0.25, 0.3) is 0 Å². The second-order valence-electron chi connectivity index (χ2n) is 6.29. The third kappa shape index (κ3) is 5.19. The largest absolute Gasteiger partial charge is 0.480 e. The molecule has 0 aromatic heterocycles. The number of carboxylic acid groups (broad SMARTS) is 1. The molecule has 2 fully saturated rings. The molecule has 1 aliphatic heterocycles. The van der Waals surface area contributed by atoms with Crippen molar-refractivity contribution in [2.45, 2.75) is 57.5 Å². The van der Waals surface area contributed by atoms with Crippen LogP contribution >= 0.6 is 0 Å². The number of urea groups is 1. The Bertz CT molecular complexity index is 371. The molecule has 1 saturated carbocycles. The highest BCUT2D eigenvalue weighted by atomic mass is 16.4. The molecule has 6 nitrogen and oxygen atoms in total. The summed E-state index contributed by atoms with van der Waals surface area (Å²) in [6.45, 7) is 4.99. The first kappa shape index (κ1) is 16.1. The van der Waals surface area contributed by atoms with Crippen LogP contribution in [-0.4, -0.2) is 53.7 Å². The number of carboxylic acids is 1. The zero-order valence-electron chi connectivity index (χ0n) is 12.8. The van der Waals surface area contributed by atoms with Gasteiger partial charge >= 0.3 is 12.0 Å². The molecule has 3 N–H and O–H groups in total. The van der Waals surface area contributed by atoms with E-state index in [2.05, 4.69) is 22.5 Å². The lowest BCUT2D eigenvalue weighted by Crippen LogP contribution is -2.47. The Morgan fingerprint density at radius 3 is 2.67 bits per heavy atom. The lowest BCUT2D eigenvalue weighted by Gasteiger charge is -2.33. The summed E-state index contributed by atoms with van der Waals surface area (Å²) in [5.41, 5.74) is 0. The molecular weight excluding hydrogens is 270 g/mol. The Morgan fingerprint density at radius 1 is 1.29 bits per heavy atom. The van der Waals surface area contributed by atoms with Gasteiger partial charge in [-0.15, -0.1) is 0 Å². The highest BCUT2D eigenvalue weighted by Crippen LogP contribution is 2.32. The topological polar surface area (TPSA) is 81.7 Å². The lowest BCUT2D eigenvalue weighted by molar-refractivity contribution is -0.139. The Morgan fingerprint density at radius 2 is 2.05 bits per heavy atom. The van der Waals surface area contributed by atoms with E-state index in [1.807, 2.05) is 0 Å². The minimum atomic E-state index is -0.935. The van der Waals surface area contributed by atoms with Crippen molar-refractivity contribution in [3.63, 3.8) is 0 Å². The number of piperidine rings is 1. The molecule has 0 bridgehead atoms. The van der Waals surface area contributed by atoms with Crippen molar-refractivity contribution in [3.05, 3.63) is 0 Å². The van der Waals surface area contributed by atoms with Crippen LogP contribution in [0.4, 0.5) is 4.79 Å². The molecule has 1 heterocycles. The quantitative estimate of drug-likeness (QED) is 0.621. The van der Waals surface area contributed by atoms with Crippen LogP contribution in [0.15, 0.2) is 0 Å². The fourth-order valence-electron chi connectivity index (χ4n) is 2.98. The number of carbonyl (C=O) groups excluding carboxylic acids is 1. The van der Waals surface area contributed by atoms with Gasteiger partial charge in [0.1, 0.15) is 6.04 Å². The van der Waals surface area contributed by atoms with Crippen LogP contribution in [0, 0.1) is 5.92 Å². The Balaban J connectivity index is 1.59. The molecule has 0 radical (unpaired) electrons. The van der Waals surface area contributed by atoms with Crippen molar-refractivity contribution >= 4 is 12.0 Å². The van der Waals surface area contributed by atoms with Gasteiger partial charge in [0.15, 0.2) is 0 Å². The number of nitrogens with one attached hydrogen (secondary N) is 2. The molecule has 21 heavy (non-hydrogen) atoms. The summed E-state index contributed by atoms with van der Waals surface area (Å²) in [7, 11) is 0. The Kier molecular flexibility index (Phi) is 5.85. The number of rotatable bonds is 7. The Hall–Kier alpha value is -1.30. The highest BCUT2D eigenvalue weighted by molar-refractivity contribution is 5.83. The van der Waals surface area contributed by atoms with E-state index in [-0.39, 0.29) is 11.9 Å². The number of nitrogens with zero attached hydrogens (tertiary/aromatic N) is 1. The first-order chi connectivity index (χ1) is 10.1. The van der Waals surface area contributed by atoms with Crippen LogP contribution in [-0.2, 0) is 4.79 Å². The molecule has 0 aromatic rings. The maximum atomic E-state index is 11.7. The molecule has 120 valence electrons. The van der Waals surface area contributed by atoms with Gasteiger partial charge in [-0.3, -0.25) is 0 Å². The number of hydrogen-bond acceptors (Lipinski definition) is 3. The van der Waals surface area contributed by atoms with Crippen molar-refractivity contribution in [2.75, 3.05) is 19.6 Å². The number of amides is 2. The fourth-order valence-corrected chi connectivity index (χ4v) is 2.98. The average Bonchev–Trinajstić information content (AvgIpc) is 3.27. The van der Waals surface area contributed by atoms with Crippen molar-refractivity contribution in [3.8, 4) is 0 Å². The summed E-state index contributed by atoms with van der Waals surface area (Å²) in [4.78, 5) is 25.2. The van der Waals surface area contributed by atoms with Gasteiger partial charge in [0, 0.05) is 19.1 Å². The van der Waals surface area contributed by atoms with Crippen LogP contribution in [0.5, 0.6) is 0 Å². The van der Waals surface area contributed by atoms with Gasteiger partial charge in [-0.05, 0) is 51.5 Å². The van der Waals surface area contributed by atoms with E-state index in [0.29, 0.717) is 12.6 Å². The number of likely N-dealkylation sites (tertiary alicyclic amines) is 1. The van der Waals surface area contributed by atoms with Crippen LogP contribution in [0.3, 0.4) is 0 Å². The monoisotopic (exact) mass is 297 g/mol. The SMILES string of the molecule is CC1CCCCN1CCCNC(=O)NC(C(=O)O)C1CC1. The lowest BCUT2D eigenvalue weighted by atomic mass is 10.0. The van der Waals surface area contributed by atoms with E-state index in [1.54, 1.807) is 0 Å². The number of carbonyl (C=O) groups is 2. The molecule has 2 atom stereocenters. The second kappa shape index (κ2) is 7.64. The maximum absolute atomic E-state index is 11.7. The first-order valence-corrected chi connectivity index (χ1v) is 8.09. The van der Waals surface area contributed by atoms with Gasteiger partial charge in [0.05, 0.1) is 0 Å².